The second-order valence-corrected chi connectivity index (χ2v) is 10.1. The molecule has 2 heterocycles. The van der Waals surface area contributed by atoms with Gasteiger partial charge in [-0.3, -0.25) is 14.9 Å². The minimum absolute atomic E-state index is 0.189. The molecule has 1 aromatic carbocycles. The zero-order chi connectivity index (χ0) is 22.3. The normalized spacial score (nSPS) is 27.4. The predicted molar refractivity (Wildman–Crippen MR) is 120 cm³/mol. The van der Waals surface area contributed by atoms with Crippen molar-refractivity contribution in [3.63, 3.8) is 0 Å². The van der Waals surface area contributed by atoms with Crippen LogP contribution in [0.3, 0.4) is 0 Å². The Morgan fingerprint density at radius 1 is 1.26 bits per heavy atom. The molecule has 0 saturated carbocycles. The number of phenols is 1. The number of amides is 2. The van der Waals surface area contributed by atoms with E-state index in [0.717, 1.165) is 64.8 Å². The van der Waals surface area contributed by atoms with E-state index in [-0.39, 0.29) is 22.3 Å². The summed E-state index contributed by atoms with van der Waals surface area (Å²) in [5.41, 5.74) is 3.39. The Kier molecular flexibility index (Phi) is 5.81. The Morgan fingerprint density at radius 2 is 2.03 bits per heavy atom. The van der Waals surface area contributed by atoms with Crippen molar-refractivity contribution in [1.29, 1.82) is 0 Å². The summed E-state index contributed by atoms with van der Waals surface area (Å²) in [6, 6.07) is 0. The van der Waals surface area contributed by atoms with Crippen LogP contribution in [0, 0.1) is 26.7 Å². The average molecular weight is 444 g/mol. The Hall–Kier alpha value is -2.41. The van der Waals surface area contributed by atoms with Crippen molar-refractivity contribution in [2.75, 3.05) is 6.61 Å². The van der Waals surface area contributed by atoms with Gasteiger partial charge in [-0.1, -0.05) is 17.8 Å². The molecule has 1 aromatic rings. The molecular weight excluding hydrogens is 414 g/mol. The van der Waals surface area contributed by atoms with Gasteiger partial charge >= 0.3 is 0 Å². The average Bonchev–Trinajstić information content (AvgIpc) is 3.06. The summed E-state index contributed by atoms with van der Waals surface area (Å²) in [5, 5.41) is 12.1. The van der Waals surface area contributed by atoms with Crippen molar-refractivity contribution >= 4 is 22.9 Å². The van der Waals surface area contributed by atoms with Gasteiger partial charge in [0.2, 0.25) is 5.91 Å². The van der Waals surface area contributed by atoms with Crippen molar-refractivity contribution in [2.24, 2.45) is 5.92 Å². The first-order chi connectivity index (χ1) is 14.7. The van der Waals surface area contributed by atoms with Crippen molar-refractivity contribution in [3.05, 3.63) is 46.2 Å². The Labute approximate surface area is 187 Å². The van der Waals surface area contributed by atoms with E-state index in [1.54, 1.807) is 0 Å². The number of rotatable bonds is 5. The maximum absolute atomic E-state index is 11.8. The number of phenolic OH excluding ortho intramolecular Hbond substituents is 1. The first-order valence-electron chi connectivity index (χ1n) is 10.7. The lowest BCUT2D eigenvalue weighted by Gasteiger charge is -2.37. The Bertz CT molecular complexity index is 998. The molecule has 3 aliphatic rings. The number of ether oxygens (including phenoxy) is 2. The summed E-state index contributed by atoms with van der Waals surface area (Å²) < 4.78 is 12.5. The fourth-order valence-electron chi connectivity index (χ4n) is 4.38. The van der Waals surface area contributed by atoms with E-state index >= 15 is 0 Å². The van der Waals surface area contributed by atoms with Crippen LogP contribution >= 0.6 is 11.8 Å². The molecule has 6 nitrogen and oxygen atoms in total. The van der Waals surface area contributed by atoms with Gasteiger partial charge in [-0.25, -0.2) is 0 Å². The molecule has 3 unspecified atom stereocenters. The Morgan fingerprint density at radius 3 is 2.68 bits per heavy atom. The highest BCUT2D eigenvalue weighted by Gasteiger charge is 2.36. The highest BCUT2D eigenvalue weighted by Crippen LogP contribution is 2.43. The number of hydrogen-bond donors (Lipinski definition) is 2. The van der Waals surface area contributed by atoms with Gasteiger partial charge in [0.1, 0.15) is 29.5 Å². The second kappa shape index (κ2) is 8.26. The lowest BCUT2D eigenvalue weighted by molar-refractivity contribution is -0.119. The molecule has 0 spiro atoms. The lowest BCUT2D eigenvalue weighted by atomic mass is 9.87. The van der Waals surface area contributed by atoms with Crippen molar-refractivity contribution < 1.29 is 24.2 Å². The van der Waals surface area contributed by atoms with Gasteiger partial charge in [-0.05, 0) is 88.1 Å². The lowest BCUT2D eigenvalue weighted by Crippen LogP contribution is -2.41. The van der Waals surface area contributed by atoms with E-state index in [4.69, 9.17) is 9.47 Å². The van der Waals surface area contributed by atoms with E-state index in [0.29, 0.717) is 18.8 Å². The van der Waals surface area contributed by atoms with Crippen LogP contribution in [0.25, 0.3) is 0 Å². The highest BCUT2D eigenvalue weighted by atomic mass is 32.2. The zero-order valence-electron chi connectivity index (χ0n) is 18.4. The Balaban J connectivity index is 1.35. The number of hydrogen-bond acceptors (Lipinski definition) is 6. The fraction of sp³-hybridized carbons (Fsp3) is 0.500. The minimum Gasteiger partial charge on any atom is -0.507 e. The molecule has 2 amide bonds. The molecule has 2 aliphatic heterocycles. The van der Waals surface area contributed by atoms with Crippen LogP contribution in [0.2, 0.25) is 0 Å². The van der Waals surface area contributed by atoms with Gasteiger partial charge in [0, 0.05) is 5.56 Å². The molecule has 31 heavy (non-hydrogen) atoms. The van der Waals surface area contributed by atoms with Crippen LogP contribution in [-0.4, -0.2) is 33.7 Å². The second-order valence-electron chi connectivity index (χ2n) is 8.95. The number of nitrogens with one attached hydrogen (secondary N) is 1. The third-order valence-corrected chi connectivity index (χ3v) is 7.58. The molecule has 4 rings (SSSR count). The molecule has 0 bridgehead atoms. The molecular formula is C24H29NO5S. The van der Waals surface area contributed by atoms with E-state index in [1.165, 1.54) is 0 Å². The SMILES string of the molecule is Cc1c(C)c2c(c(C)c1O)CCC(C)(COC1=CCC(CC3SC(=O)NC3=O)C=C1)O2. The number of imide groups is 1. The van der Waals surface area contributed by atoms with Crippen LogP contribution in [-0.2, 0) is 16.0 Å². The largest absolute Gasteiger partial charge is 0.507 e. The highest BCUT2D eigenvalue weighted by molar-refractivity contribution is 8.15. The number of carbonyl (C=O) groups is 2. The summed E-state index contributed by atoms with van der Waals surface area (Å²) in [4.78, 5) is 23.1. The van der Waals surface area contributed by atoms with Crippen LogP contribution in [0.5, 0.6) is 11.5 Å². The van der Waals surface area contributed by atoms with Gasteiger partial charge in [-0.2, -0.15) is 0 Å². The van der Waals surface area contributed by atoms with E-state index < -0.39 is 5.60 Å². The van der Waals surface area contributed by atoms with Gasteiger partial charge in [0.15, 0.2) is 0 Å². The molecule has 1 aliphatic carbocycles. The molecule has 166 valence electrons. The van der Waals surface area contributed by atoms with E-state index in [9.17, 15) is 14.7 Å². The number of aromatic hydroxyl groups is 1. The first kappa shape index (κ1) is 21.8. The topological polar surface area (TPSA) is 84.9 Å². The van der Waals surface area contributed by atoms with Crippen molar-refractivity contribution in [2.45, 2.75) is 64.2 Å². The molecule has 1 fully saturated rings. The fourth-order valence-corrected chi connectivity index (χ4v) is 5.31. The number of thioether (sulfide) groups is 1. The van der Waals surface area contributed by atoms with E-state index in [2.05, 4.69) is 18.3 Å². The monoisotopic (exact) mass is 443 g/mol. The van der Waals surface area contributed by atoms with Crippen LogP contribution in [0.15, 0.2) is 24.0 Å². The molecule has 7 heteroatoms. The van der Waals surface area contributed by atoms with Gasteiger partial charge in [-0.15, -0.1) is 0 Å². The summed E-state index contributed by atoms with van der Waals surface area (Å²) in [7, 11) is 0. The number of carbonyl (C=O) groups excluding carboxylic acids is 2. The van der Waals surface area contributed by atoms with Gasteiger partial charge in [0.25, 0.3) is 5.24 Å². The first-order valence-corrected chi connectivity index (χ1v) is 11.6. The quantitative estimate of drug-likeness (QED) is 0.691. The molecule has 0 radical (unpaired) electrons. The zero-order valence-corrected chi connectivity index (χ0v) is 19.2. The summed E-state index contributed by atoms with van der Waals surface area (Å²) >= 11 is 1.08. The van der Waals surface area contributed by atoms with Crippen LogP contribution in [0.4, 0.5) is 4.79 Å². The minimum atomic E-state index is -0.446. The van der Waals surface area contributed by atoms with Crippen molar-refractivity contribution in [1.82, 2.24) is 5.32 Å². The number of allylic oxidation sites excluding steroid dienone is 3. The molecule has 1 saturated heterocycles. The third-order valence-electron chi connectivity index (χ3n) is 6.57. The predicted octanol–water partition coefficient (Wildman–Crippen LogP) is 4.62. The smallest absolute Gasteiger partial charge is 0.286 e. The summed E-state index contributed by atoms with van der Waals surface area (Å²) in [5.74, 6) is 2.08. The van der Waals surface area contributed by atoms with Crippen LogP contribution in [0.1, 0.15) is 48.4 Å². The van der Waals surface area contributed by atoms with Crippen molar-refractivity contribution in [3.8, 4) is 11.5 Å². The van der Waals surface area contributed by atoms with Crippen LogP contribution < -0.4 is 10.1 Å². The molecule has 2 N–H and O–H groups in total. The molecule has 0 aromatic heterocycles. The number of fused-ring (bicyclic) bond motifs is 1. The maximum Gasteiger partial charge on any atom is 0.286 e. The van der Waals surface area contributed by atoms with Gasteiger partial charge in [0.05, 0.1) is 5.25 Å². The number of benzene rings is 1. The summed E-state index contributed by atoms with van der Waals surface area (Å²) in [6.45, 7) is 8.35. The summed E-state index contributed by atoms with van der Waals surface area (Å²) in [6.07, 6.45) is 9.13. The maximum atomic E-state index is 11.8. The van der Waals surface area contributed by atoms with E-state index in [1.807, 2.05) is 32.9 Å². The molecule has 3 atom stereocenters. The third kappa shape index (κ3) is 4.33. The van der Waals surface area contributed by atoms with Gasteiger partial charge < -0.3 is 14.6 Å². The standard InChI is InChI=1S/C24H29NO5S/c1-13-14(2)21-18(15(3)20(13)26)9-10-24(4,30-21)12-29-17-7-5-16(6-8-17)11-19-22(27)25-23(28)31-19/h5,7-8,16,19,26H,6,9-12H2,1-4H3,(H,25,27,28).